The Bertz CT molecular complexity index is 732. The number of hydrogen-bond donors (Lipinski definition) is 3. The summed E-state index contributed by atoms with van der Waals surface area (Å²) in [6.45, 7) is 3.73. The second kappa shape index (κ2) is 7.78. The fourth-order valence-electron chi connectivity index (χ4n) is 1.92. The summed E-state index contributed by atoms with van der Waals surface area (Å²) in [6, 6.07) is 12.3. The lowest BCUT2D eigenvalue weighted by molar-refractivity contribution is -0.121. The van der Waals surface area contributed by atoms with Gasteiger partial charge in [0.05, 0.1) is 6.21 Å². The molecule has 120 valence electrons. The highest BCUT2D eigenvalue weighted by molar-refractivity contribution is 9.10. The van der Waals surface area contributed by atoms with Gasteiger partial charge in [-0.25, -0.2) is 5.43 Å². The van der Waals surface area contributed by atoms with E-state index in [2.05, 4.69) is 31.8 Å². The molecule has 0 aliphatic heterocycles. The standard InChI is InChI=1S/C17H18BrN3O2/c1-11-5-3-4-6-15(11)20-12(2)17(23)21-19-10-13-9-14(18)7-8-16(13)22/h3-10,12,20,22H,1-2H3,(H,21,23)/b19-10+. The Morgan fingerprint density at radius 1 is 1.30 bits per heavy atom. The number of hydrazone groups is 1. The number of aryl methyl sites for hydroxylation is 1. The topological polar surface area (TPSA) is 73.7 Å². The molecule has 1 amide bonds. The number of hydrogen-bond acceptors (Lipinski definition) is 4. The second-order valence-electron chi connectivity index (χ2n) is 5.12. The second-order valence-corrected chi connectivity index (χ2v) is 6.03. The fraction of sp³-hybridized carbons (Fsp3) is 0.176. The van der Waals surface area contributed by atoms with Crippen LogP contribution in [0.2, 0.25) is 0 Å². The van der Waals surface area contributed by atoms with Crippen LogP contribution in [0.1, 0.15) is 18.1 Å². The quantitative estimate of drug-likeness (QED) is 0.553. The maximum Gasteiger partial charge on any atom is 0.262 e. The van der Waals surface area contributed by atoms with Crippen LogP contribution in [0.25, 0.3) is 0 Å². The van der Waals surface area contributed by atoms with Crippen molar-refractivity contribution in [3.8, 4) is 5.75 Å². The van der Waals surface area contributed by atoms with Crippen LogP contribution in [-0.4, -0.2) is 23.3 Å². The maximum atomic E-state index is 12.0. The molecule has 6 heteroatoms. The highest BCUT2D eigenvalue weighted by atomic mass is 79.9. The molecule has 23 heavy (non-hydrogen) atoms. The molecule has 1 atom stereocenters. The molecule has 0 bridgehead atoms. The molecule has 5 nitrogen and oxygen atoms in total. The Labute approximate surface area is 143 Å². The number of amides is 1. The van der Waals surface area contributed by atoms with Gasteiger partial charge in [-0.3, -0.25) is 4.79 Å². The van der Waals surface area contributed by atoms with E-state index in [1.165, 1.54) is 6.21 Å². The fourth-order valence-corrected chi connectivity index (χ4v) is 2.30. The zero-order valence-corrected chi connectivity index (χ0v) is 14.5. The van der Waals surface area contributed by atoms with Gasteiger partial charge in [-0.05, 0) is 43.7 Å². The molecule has 0 heterocycles. The van der Waals surface area contributed by atoms with Crippen LogP contribution in [0.5, 0.6) is 5.75 Å². The highest BCUT2D eigenvalue weighted by Gasteiger charge is 2.12. The summed E-state index contributed by atoms with van der Waals surface area (Å²) in [5.74, 6) is -0.170. The Morgan fingerprint density at radius 3 is 2.78 bits per heavy atom. The van der Waals surface area contributed by atoms with E-state index in [0.717, 1.165) is 15.7 Å². The maximum absolute atomic E-state index is 12.0. The van der Waals surface area contributed by atoms with E-state index < -0.39 is 6.04 Å². The molecule has 2 rings (SSSR count). The van der Waals surface area contributed by atoms with Gasteiger partial charge in [-0.15, -0.1) is 0 Å². The van der Waals surface area contributed by atoms with Crippen LogP contribution in [0.15, 0.2) is 52.0 Å². The Kier molecular flexibility index (Phi) is 5.76. The SMILES string of the molecule is Cc1ccccc1NC(C)C(=O)N/N=C/c1cc(Br)ccc1O. The molecule has 0 saturated carbocycles. The van der Waals surface area contributed by atoms with Gasteiger partial charge in [0.15, 0.2) is 0 Å². The lowest BCUT2D eigenvalue weighted by atomic mass is 10.2. The summed E-state index contributed by atoms with van der Waals surface area (Å²) in [4.78, 5) is 12.0. The number of halogens is 1. The van der Waals surface area contributed by atoms with Crippen molar-refractivity contribution >= 4 is 33.7 Å². The number of benzene rings is 2. The third-order valence-corrected chi connectivity index (χ3v) is 3.77. The summed E-state index contributed by atoms with van der Waals surface area (Å²) in [6.07, 6.45) is 1.40. The first-order valence-electron chi connectivity index (χ1n) is 7.11. The van der Waals surface area contributed by atoms with Crippen molar-refractivity contribution in [1.82, 2.24) is 5.43 Å². The third kappa shape index (κ3) is 4.82. The molecule has 0 aromatic heterocycles. The van der Waals surface area contributed by atoms with Crippen LogP contribution < -0.4 is 10.7 Å². The number of anilines is 1. The first-order valence-corrected chi connectivity index (χ1v) is 7.90. The minimum absolute atomic E-state index is 0.0947. The molecule has 0 fully saturated rings. The van der Waals surface area contributed by atoms with Crippen molar-refractivity contribution in [3.63, 3.8) is 0 Å². The van der Waals surface area contributed by atoms with Crippen molar-refractivity contribution in [2.45, 2.75) is 19.9 Å². The smallest absolute Gasteiger partial charge is 0.262 e. The van der Waals surface area contributed by atoms with E-state index >= 15 is 0 Å². The van der Waals surface area contributed by atoms with E-state index in [4.69, 9.17) is 0 Å². The highest BCUT2D eigenvalue weighted by Crippen LogP contribution is 2.20. The molecular formula is C17H18BrN3O2. The van der Waals surface area contributed by atoms with Gasteiger partial charge in [-0.2, -0.15) is 5.10 Å². The lowest BCUT2D eigenvalue weighted by Crippen LogP contribution is -2.35. The van der Waals surface area contributed by atoms with Gasteiger partial charge in [-0.1, -0.05) is 34.1 Å². The Morgan fingerprint density at radius 2 is 2.04 bits per heavy atom. The minimum atomic E-state index is -0.440. The number of rotatable bonds is 5. The molecule has 1 unspecified atom stereocenters. The van der Waals surface area contributed by atoms with Crippen LogP contribution in [0.3, 0.4) is 0 Å². The Balaban J connectivity index is 1.95. The van der Waals surface area contributed by atoms with Crippen molar-refractivity contribution in [1.29, 1.82) is 0 Å². The van der Waals surface area contributed by atoms with E-state index in [-0.39, 0.29) is 11.7 Å². The van der Waals surface area contributed by atoms with Gasteiger partial charge in [0.25, 0.3) is 5.91 Å². The number of phenolic OH excluding ortho intramolecular Hbond substituents is 1. The monoisotopic (exact) mass is 375 g/mol. The molecule has 0 aliphatic rings. The average molecular weight is 376 g/mol. The van der Waals surface area contributed by atoms with Gasteiger partial charge in [0.1, 0.15) is 11.8 Å². The van der Waals surface area contributed by atoms with E-state index in [1.54, 1.807) is 25.1 Å². The summed E-state index contributed by atoms with van der Waals surface area (Å²) in [5, 5.41) is 16.7. The number of phenols is 1. The minimum Gasteiger partial charge on any atom is -0.507 e. The number of nitrogens with one attached hydrogen (secondary N) is 2. The number of para-hydroxylation sites is 1. The molecule has 0 radical (unpaired) electrons. The number of nitrogens with zero attached hydrogens (tertiary/aromatic N) is 1. The largest absolute Gasteiger partial charge is 0.507 e. The zero-order chi connectivity index (χ0) is 16.8. The predicted molar refractivity (Wildman–Crippen MR) is 95.8 cm³/mol. The molecule has 0 aliphatic carbocycles. The molecular weight excluding hydrogens is 358 g/mol. The van der Waals surface area contributed by atoms with Gasteiger partial charge in [0.2, 0.25) is 0 Å². The normalized spacial score (nSPS) is 12.1. The van der Waals surface area contributed by atoms with Gasteiger partial charge in [0, 0.05) is 15.7 Å². The lowest BCUT2D eigenvalue weighted by Gasteiger charge is -2.15. The van der Waals surface area contributed by atoms with Crippen LogP contribution in [-0.2, 0) is 4.79 Å². The van der Waals surface area contributed by atoms with Gasteiger partial charge < -0.3 is 10.4 Å². The number of carbonyl (C=O) groups is 1. The molecule has 3 N–H and O–H groups in total. The summed E-state index contributed by atoms with van der Waals surface area (Å²) in [5.41, 5.74) is 4.94. The molecule has 2 aromatic rings. The van der Waals surface area contributed by atoms with Crippen molar-refractivity contribution in [2.24, 2.45) is 5.10 Å². The van der Waals surface area contributed by atoms with Crippen LogP contribution in [0, 0.1) is 6.92 Å². The van der Waals surface area contributed by atoms with Gasteiger partial charge >= 0.3 is 0 Å². The van der Waals surface area contributed by atoms with Crippen molar-refractivity contribution < 1.29 is 9.90 Å². The number of aromatic hydroxyl groups is 1. The number of carbonyl (C=O) groups excluding carboxylic acids is 1. The third-order valence-electron chi connectivity index (χ3n) is 3.28. The summed E-state index contributed by atoms with van der Waals surface area (Å²) >= 11 is 3.31. The molecule has 0 spiro atoms. The summed E-state index contributed by atoms with van der Waals surface area (Å²) < 4.78 is 0.817. The molecule has 0 saturated heterocycles. The van der Waals surface area contributed by atoms with Crippen molar-refractivity contribution in [3.05, 3.63) is 58.1 Å². The van der Waals surface area contributed by atoms with E-state index in [0.29, 0.717) is 5.56 Å². The first-order chi connectivity index (χ1) is 11.0. The Hall–Kier alpha value is -2.34. The molecule has 2 aromatic carbocycles. The van der Waals surface area contributed by atoms with E-state index in [1.807, 2.05) is 31.2 Å². The van der Waals surface area contributed by atoms with Crippen LogP contribution >= 0.6 is 15.9 Å². The predicted octanol–water partition coefficient (Wildman–Crippen LogP) is 3.41. The first kappa shape index (κ1) is 17.0. The zero-order valence-electron chi connectivity index (χ0n) is 12.9. The summed E-state index contributed by atoms with van der Waals surface area (Å²) in [7, 11) is 0. The van der Waals surface area contributed by atoms with Crippen LogP contribution in [0.4, 0.5) is 5.69 Å². The van der Waals surface area contributed by atoms with Crippen molar-refractivity contribution in [2.75, 3.05) is 5.32 Å². The average Bonchev–Trinajstić information content (AvgIpc) is 2.52. The van der Waals surface area contributed by atoms with E-state index in [9.17, 15) is 9.90 Å².